The zero-order valence-corrected chi connectivity index (χ0v) is 20.1. The molecule has 4 aromatic rings. The summed E-state index contributed by atoms with van der Waals surface area (Å²) in [5.41, 5.74) is 9.54. The molecule has 35 heavy (non-hydrogen) atoms. The molecule has 0 saturated carbocycles. The first kappa shape index (κ1) is 22.9. The van der Waals surface area contributed by atoms with Crippen LogP contribution in [0.5, 0.6) is 0 Å². The van der Waals surface area contributed by atoms with E-state index in [0.717, 1.165) is 10.9 Å². The van der Waals surface area contributed by atoms with Gasteiger partial charge in [0.1, 0.15) is 5.69 Å². The molecule has 176 valence electrons. The van der Waals surface area contributed by atoms with E-state index < -0.39 is 5.91 Å². The van der Waals surface area contributed by atoms with Crippen molar-refractivity contribution >= 4 is 51.6 Å². The fourth-order valence-electron chi connectivity index (χ4n) is 4.43. The highest BCUT2D eigenvalue weighted by molar-refractivity contribution is 6.35. The molecule has 0 spiro atoms. The maximum Gasteiger partial charge on any atom is 0.252 e. The van der Waals surface area contributed by atoms with E-state index in [4.69, 9.17) is 35.5 Å². The van der Waals surface area contributed by atoms with E-state index in [1.165, 1.54) is 0 Å². The molecule has 2 N–H and O–H groups in total. The summed E-state index contributed by atoms with van der Waals surface area (Å²) in [5, 5.41) is 10.5. The van der Waals surface area contributed by atoms with Crippen LogP contribution in [0.15, 0.2) is 36.5 Å². The van der Waals surface area contributed by atoms with Gasteiger partial charge in [-0.05, 0) is 17.7 Å². The van der Waals surface area contributed by atoms with Gasteiger partial charge in [0.2, 0.25) is 11.6 Å². The maximum atomic E-state index is 13.0. The number of carbonyl (C=O) groups is 2. The van der Waals surface area contributed by atoms with Crippen molar-refractivity contribution in [1.82, 2.24) is 24.5 Å². The lowest BCUT2D eigenvalue weighted by Crippen LogP contribution is -2.40. The van der Waals surface area contributed by atoms with E-state index in [1.807, 2.05) is 6.07 Å². The standard InChI is InChI=1S/C24H19Cl2N7O2/c1-28-18-4-3-13(7-16(18)25)8-20(34)32-5-6-33-19(12-32)21(24(27)35)22(30-33)14-9-15-11-29-31(2)23(15)17(26)10-14/h3-4,7,9-11H,5-6,8,12H2,2H3,(H2,27,35). The van der Waals surface area contributed by atoms with Crippen molar-refractivity contribution in [1.29, 1.82) is 0 Å². The number of hydrogen-bond acceptors (Lipinski definition) is 4. The van der Waals surface area contributed by atoms with Crippen molar-refractivity contribution in [3.63, 3.8) is 0 Å². The molecule has 5 rings (SSSR count). The predicted molar refractivity (Wildman–Crippen MR) is 132 cm³/mol. The molecule has 11 heteroatoms. The van der Waals surface area contributed by atoms with Gasteiger partial charge in [-0.3, -0.25) is 19.0 Å². The quantitative estimate of drug-likeness (QED) is 0.421. The van der Waals surface area contributed by atoms with Crippen molar-refractivity contribution < 1.29 is 9.59 Å². The Bertz CT molecular complexity index is 1560. The van der Waals surface area contributed by atoms with Crippen molar-refractivity contribution in [2.45, 2.75) is 19.5 Å². The topological polar surface area (TPSA) is 103 Å². The van der Waals surface area contributed by atoms with Gasteiger partial charge >= 0.3 is 0 Å². The number of hydrogen-bond donors (Lipinski definition) is 1. The van der Waals surface area contributed by atoms with Gasteiger partial charge in [0.25, 0.3) is 5.91 Å². The SMILES string of the molecule is [C-]#[N+]c1ccc(CC(=O)N2CCn3nc(-c4cc(Cl)c5c(cnn5C)c4)c(C(N)=O)c3C2)cc1Cl. The summed E-state index contributed by atoms with van der Waals surface area (Å²) in [5.74, 6) is -0.750. The van der Waals surface area contributed by atoms with Crippen molar-refractivity contribution in [2.24, 2.45) is 12.8 Å². The van der Waals surface area contributed by atoms with Gasteiger partial charge in [-0.1, -0.05) is 41.4 Å². The van der Waals surface area contributed by atoms with Crippen LogP contribution in [0, 0.1) is 6.57 Å². The fourth-order valence-corrected chi connectivity index (χ4v) is 5.03. The molecule has 1 aliphatic heterocycles. The second kappa shape index (κ2) is 8.73. The molecule has 3 heterocycles. The smallest absolute Gasteiger partial charge is 0.252 e. The zero-order chi connectivity index (χ0) is 24.9. The Kier molecular flexibility index (Phi) is 5.71. The second-order valence-corrected chi connectivity index (χ2v) is 9.13. The van der Waals surface area contributed by atoms with Crippen LogP contribution in [0.4, 0.5) is 5.69 Å². The molecule has 1 aliphatic rings. The molecule has 0 bridgehead atoms. The third-order valence-corrected chi connectivity index (χ3v) is 6.72. The predicted octanol–water partition coefficient (Wildman–Crippen LogP) is 3.98. The van der Waals surface area contributed by atoms with Gasteiger partial charge in [0.15, 0.2) is 0 Å². The third kappa shape index (κ3) is 4.01. The monoisotopic (exact) mass is 507 g/mol. The summed E-state index contributed by atoms with van der Waals surface area (Å²) in [4.78, 5) is 30.6. The Morgan fingerprint density at radius 2 is 1.97 bits per heavy atom. The summed E-state index contributed by atoms with van der Waals surface area (Å²) in [6.45, 7) is 8.15. The lowest BCUT2D eigenvalue weighted by atomic mass is 10.0. The Morgan fingerprint density at radius 3 is 2.69 bits per heavy atom. The maximum absolute atomic E-state index is 13.0. The summed E-state index contributed by atoms with van der Waals surface area (Å²) < 4.78 is 3.41. The first-order valence-corrected chi connectivity index (χ1v) is 11.5. The van der Waals surface area contributed by atoms with Crippen LogP contribution in [-0.4, -0.2) is 42.8 Å². The molecule has 2 aromatic heterocycles. The van der Waals surface area contributed by atoms with E-state index in [1.54, 1.807) is 51.8 Å². The van der Waals surface area contributed by atoms with Crippen LogP contribution in [0.2, 0.25) is 10.0 Å². The second-order valence-electron chi connectivity index (χ2n) is 8.31. The molecule has 0 aliphatic carbocycles. The van der Waals surface area contributed by atoms with Crippen molar-refractivity contribution in [3.05, 3.63) is 74.8 Å². The van der Waals surface area contributed by atoms with E-state index in [-0.39, 0.29) is 24.4 Å². The first-order valence-electron chi connectivity index (χ1n) is 10.7. The Morgan fingerprint density at radius 1 is 1.17 bits per heavy atom. The average Bonchev–Trinajstić information content (AvgIpc) is 3.39. The van der Waals surface area contributed by atoms with Crippen LogP contribution in [-0.2, 0) is 31.4 Å². The molecule has 0 unspecified atom stereocenters. The van der Waals surface area contributed by atoms with Gasteiger partial charge < -0.3 is 10.6 Å². The number of rotatable bonds is 4. The minimum absolute atomic E-state index is 0.123. The highest BCUT2D eigenvalue weighted by atomic mass is 35.5. The molecule has 0 saturated heterocycles. The number of amides is 2. The van der Waals surface area contributed by atoms with Gasteiger partial charge in [0, 0.05) is 29.6 Å². The average molecular weight is 508 g/mol. The van der Waals surface area contributed by atoms with Crippen molar-refractivity contribution in [2.75, 3.05) is 6.54 Å². The number of nitrogens with zero attached hydrogens (tertiary/aromatic N) is 6. The van der Waals surface area contributed by atoms with Crippen LogP contribution in [0.3, 0.4) is 0 Å². The summed E-state index contributed by atoms with van der Waals surface area (Å²) >= 11 is 12.6. The van der Waals surface area contributed by atoms with Crippen LogP contribution >= 0.6 is 23.2 Å². The number of nitrogens with two attached hydrogens (primary N) is 1. The number of primary amides is 1. The van der Waals surface area contributed by atoms with Gasteiger partial charge in [-0.15, -0.1) is 0 Å². The summed E-state index contributed by atoms with van der Waals surface area (Å²) in [7, 11) is 1.80. The highest BCUT2D eigenvalue weighted by Crippen LogP contribution is 2.34. The fraction of sp³-hybridized carbons (Fsp3) is 0.208. The third-order valence-electron chi connectivity index (χ3n) is 6.13. The molecule has 0 atom stereocenters. The summed E-state index contributed by atoms with van der Waals surface area (Å²) in [6.07, 6.45) is 1.82. The molecule has 0 radical (unpaired) electrons. The lowest BCUT2D eigenvalue weighted by molar-refractivity contribution is -0.132. The van der Waals surface area contributed by atoms with Gasteiger partial charge in [-0.25, -0.2) is 4.85 Å². The Balaban J connectivity index is 1.46. The zero-order valence-electron chi connectivity index (χ0n) is 18.6. The number of halogens is 2. The molecular formula is C24H19Cl2N7O2. The minimum atomic E-state index is -0.625. The van der Waals surface area contributed by atoms with E-state index >= 15 is 0 Å². The molecule has 9 nitrogen and oxygen atoms in total. The number of fused-ring (bicyclic) bond motifs is 2. The normalized spacial score (nSPS) is 13.0. The van der Waals surface area contributed by atoms with E-state index in [9.17, 15) is 9.59 Å². The largest absolute Gasteiger partial charge is 0.365 e. The number of aromatic nitrogens is 4. The molecular weight excluding hydrogens is 489 g/mol. The van der Waals surface area contributed by atoms with Crippen LogP contribution in [0.1, 0.15) is 21.6 Å². The van der Waals surface area contributed by atoms with Crippen LogP contribution in [0.25, 0.3) is 27.0 Å². The minimum Gasteiger partial charge on any atom is -0.365 e. The number of carbonyl (C=O) groups excluding carboxylic acids is 2. The first-order chi connectivity index (χ1) is 16.8. The Hall–Kier alpha value is -3.87. The van der Waals surface area contributed by atoms with Crippen molar-refractivity contribution in [3.8, 4) is 11.3 Å². The van der Waals surface area contributed by atoms with E-state index in [0.29, 0.717) is 51.3 Å². The number of aryl methyl sites for hydroxylation is 1. The molecule has 0 fully saturated rings. The summed E-state index contributed by atoms with van der Waals surface area (Å²) in [6, 6.07) is 8.56. The molecule has 2 amide bonds. The van der Waals surface area contributed by atoms with Gasteiger partial charge in [0.05, 0.1) is 54.1 Å². The molecule has 2 aromatic carbocycles. The Labute approximate surface area is 210 Å². The van der Waals surface area contributed by atoms with Gasteiger partial charge in [-0.2, -0.15) is 10.2 Å². The number of benzene rings is 2. The highest BCUT2D eigenvalue weighted by Gasteiger charge is 2.30. The lowest BCUT2D eigenvalue weighted by Gasteiger charge is -2.28. The van der Waals surface area contributed by atoms with Crippen LogP contribution < -0.4 is 5.73 Å². The van der Waals surface area contributed by atoms with E-state index in [2.05, 4.69) is 15.0 Å².